The molecule has 576 valence electrons. The van der Waals surface area contributed by atoms with Crippen molar-refractivity contribution in [2.75, 3.05) is 19.6 Å². The van der Waals surface area contributed by atoms with Crippen LogP contribution in [0.2, 0.25) is 0 Å². The third-order valence-corrected chi connectivity index (χ3v) is 22.0. The maximum Gasteiger partial charge on any atom is 0.266 e. The van der Waals surface area contributed by atoms with E-state index in [1.807, 2.05) is 194 Å². The number of imide groups is 2. The van der Waals surface area contributed by atoms with Gasteiger partial charge in [-0.15, -0.1) is 0 Å². The first-order valence-corrected chi connectivity index (χ1v) is 39.2. The molecule has 4 amide bonds. The number of ether oxygens (including phenoxy) is 4. The summed E-state index contributed by atoms with van der Waals surface area (Å²) in [6.45, 7) is 27.5. The Hall–Kier alpha value is -13.6. The highest BCUT2D eigenvalue weighted by molar-refractivity contribution is 6.48. The Balaban J connectivity index is 0.946. The molecule has 0 N–H and O–H groups in total. The summed E-state index contributed by atoms with van der Waals surface area (Å²) in [5.41, 5.74) is 9.48. The van der Waals surface area contributed by atoms with E-state index in [2.05, 4.69) is 113 Å². The average molecular weight is 1530 g/mol. The van der Waals surface area contributed by atoms with E-state index < -0.39 is 23.6 Å². The molecular formula is C100H88N8O8. The van der Waals surface area contributed by atoms with Crippen LogP contribution >= 0.6 is 0 Å². The summed E-state index contributed by atoms with van der Waals surface area (Å²) in [6, 6.07) is 76.4. The Morgan fingerprint density at radius 2 is 0.491 bits per heavy atom. The fourth-order valence-electron chi connectivity index (χ4n) is 15.7. The molecule has 6 heterocycles. The van der Waals surface area contributed by atoms with Crippen molar-refractivity contribution in [1.29, 1.82) is 0 Å². The third-order valence-electron chi connectivity index (χ3n) is 22.0. The first kappa shape index (κ1) is 75.1. The first-order chi connectivity index (χ1) is 55.7. The predicted molar refractivity (Wildman–Crippen MR) is 460 cm³/mol. The number of amides is 4. The van der Waals surface area contributed by atoms with Crippen LogP contribution in [0.1, 0.15) is 170 Å². The lowest BCUT2D eigenvalue weighted by Crippen LogP contribution is -2.40. The van der Waals surface area contributed by atoms with Crippen LogP contribution in [-0.2, 0) is 47.8 Å². The van der Waals surface area contributed by atoms with Crippen LogP contribution in [0.4, 0.5) is 22.7 Å². The smallest absolute Gasteiger partial charge is 0.266 e. The molecule has 116 heavy (non-hydrogen) atoms. The lowest BCUT2D eigenvalue weighted by molar-refractivity contribution is 0.0877. The zero-order valence-corrected chi connectivity index (χ0v) is 67.1. The fourth-order valence-corrected chi connectivity index (χ4v) is 15.7. The Kier molecular flexibility index (Phi) is 19.0. The minimum atomic E-state index is -0.619. The molecule has 2 aliphatic heterocycles. The maximum absolute atomic E-state index is 16.6. The summed E-state index contributed by atoms with van der Waals surface area (Å²) in [7, 11) is 0. The Morgan fingerprint density at radius 3 is 0.690 bits per heavy atom. The molecule has 17 rings (SSSR count). The van der Waals surface area contributed by atoms with E-state index >= 15 is 19.2 Å². The van der Waals surface area contributed by atoms with Gasteiger partial charge in [-0.25, -0.2) is 9.80 Å². The van der Waals surface area contributed by atoms with Gasteiger partial charge >= 0.3 is 0 Å². The van der Waals surface area contributed by atoms with Crippen LogP contribution in [-0.4, -0.2) is 43.6 Å². The number of anilines is 4. The summed E-state index contributed by atoms with van der Waals surface area (Å²) in [6.07, 6.45) is 7.07. The van der Waals surface area contributed by atoms with Crippen molar-refractivity contribution in [3.05, 3.63) is 335 Å². The van der Waals surface area contributed by atoms with Gasteiger partial charge in [0.1, 0.15) is 46.0 Å². The van der Waals surface area contributed by atoms with Gasteiger partial charge in [-0.2, -0.15) is 0 Å². The van der Waals surface area contributed by atoms with Gasteiger partial charge in [0, 0.05) is 79.3 Å². The van der Waals surface area contributed by atoms with Crippen molar-refractivity contribution in [3.8, 4) is 46.0 Å². The molecule has 0 spiro atoms. The summed E-state index contributed by atoms with van der Waals surface area (Å²) in [4.78, 5) is 91.6. The highest BCUT2D eigenvalue weighted by Gasteiger charge is 2.43. The van der Waals surface area contributed by atoms with Crippen molar-refractivity contribution in [1.82, 2.24) is 19.9 Å². The second-order valence-corrected chi connectivity index (χ2v) is 34.1. The van der Waals surface area contributed by atoms with E-state index in [0.717, 1.165) is 56.4 Å². The van der Waals surface area contributed by atoms with Crippen molar-refractivity contribution >= 4 is 89.5 Å². The first-order valence-electron chi connectivity index (χ1n) is 39.2. The van der Waals surface area contributed by atoms with E-state index in [1.54, 1.807) is 73.3 Å². The molecule has 0 bridgehead atoms. The number of carbonyl (C=O) groups is 4. The molecule has 16 nitrogen and oxygen atoms in total. The van der Waals surface area contributed by atoms with Crippen LogP contribution in [0, 0.1) is 0 Å². The molecule has 0 fully saturated rings. The second kappa shape index (κ2) is 29.4. The Morgan fingerprint density at radius 1 is 0.267 bits per heavy atom. The number of aromatic nitrogens is 4. The molecule has 0 saturated carbocycles. The number of benzene rings is 11. The van der Waals surface area contributed by atoms with E-state index in [0.29, 0.717) is 104 Å². The number of fused-ring (bicyclic) bond motifs is 2. The van der Waals surface area contributed by atoms with Gasteiger partial charge in [0.25, 0.3) is 23.6 Å². The summed E-state index contributed by atoms with van der Waals surface area (Å²) in [5.74, 6) is 0.0385. The molecule has 0 aliphatic carbocycles. The van der Waals surface area contributed by atoms with E-state index in [4.69, 9.17) is 18.9 Å². The largest absolute Gasteiger partial charge is 0.457 e. The number of hydrogen-bond acceptors (Lipinski definition) is 14. The molecule has 0 radical (unpaired) electrons. The monoisotopic (exact) mass is 1530 g/mol. The second-order valence-electron chi connectivity index (χ2n) is 34.1. The standard InChI is InChI=1S/C100H88N8O8/c1-97(2,3)61-25-41-73(42-26-61)113-81-53-77-85-78(94(110)107(93(77)109)71-37-33-69(34-38-71)105(57-65-21-13-17-49-101-65)58-66-22-14-18-50-102-66)55-83(115-75-45-29-63(30-46-75)99(7,8)9)89-90-84(116-76-47-31-64(32-48-76)100(10,11)12)56-80-86-79(54-82(88(92(86)90)87(81)91(85)89)114-74-43-27-62(28-44-74)98(4,5)6)95(111)108(96(80)112)72-39-35-70(36-40-72)106(59-67-23-15-19-51-103-67)60-68-24-16-20-52-104-68/h13-56H,57-60H2,1-12H3. The Bertz CT molecular complexity index is 5560. The average Bonchev–Trinajstić information content (AvgIpc) is 0.669. The van der Waals surface area contributed by atoms with E-state index in [-0.39, 0.29) is 66.9 Å². The number of rotatable bonds is 20. The van der Waals surface area contributed by atoms with Gasteiger partial charge in [0.15, 0.2) is 0 Å². The zero-order chi connectivity index (χ0) is 80.7. The number of pyridine rings is 4. The zero-order valence-electron chi connectivity index (χ0n) is 67.1. The van der Waals surface area contributed by atoms with E-state index in [9.17, 15) is 0 Å². The van der Waals surface area contributed by atoms with Crippen molar-refractivity contribution in [2.24, 2.45) is 0 Å². The van der Waals surface area contributed by atoms with Crippen LogP contribution in [0.15, 0.2) is 267 Å². The molecule has 15 aromatic rings. The topological polar surface area (TPSA) is 170 Å². The predicted octanol–water partition coefficient (Wildman–Crippen LogP) is 23.7. The van der Waals surface area contributed by atoms with Gasteiger partial charge < -0.3 is 28.7 Å². The molecule has 0 saturated heterocycles. The maximum atomic E-state index is 16.6. The van der Waals surface area contributed by atoms with Crippen molar-refractivity contribution in [3.63, 3.8) is 0 Å². The molecule has 2 aliphatic rings. The number of carbonyl (C=O) groups excluding carboxylic acids is 4. The van der Waals surface area contributed by atoms with Crippen LogP contribution in [0.3, 0.4) is 0 Å². The minimum Gasteiger partial charge on any atom is -0.457 e. The number of nitrogens with zero attached hydrogens (tertiary/aromatic N) is 8. The van der Waals surface area contributed by atoms with Crippen LogP contribution in [0.25, 0.3) is 43.1 Å². The highest BCUT2D eigenvalue weighted by atomic mass is 16.5. The minimum absolute atomic E-state index is 0.149. The van der Waals surface area contributed by atoms with Gasteiger partial charge in [-0.05, 0) is 214 Å². The van der Waals surface area contributed by atoms with Gasteiger partial charge in [0.05, 0.1) is 82.6 Å². The highest BCUT2D eigenvalue weighted by Crippen LogP contribution is 2.59. The fraction of sp³-hybridized carbons (Fsp3) is 0.200. The van der Waals surface area contributed by atoms with Gasteiger partial charge in [-0.1, -0.05) is 156 Å². The third kappa shape index (κ3) is 14.4. The van der Waals surface area contributed by atoms with Gasteiger partial charge in [-0.3, -0.25) is 39.1 Å². The molecule has 0 atom stereocenters. The lowest BCUT2D eigenvalue weighted by atomic mass is 9.80. The SMILES string of the molecule is CC(C)(C)c1ccc(Oc2cc3c4c(cc(Oc5ccc(C(C)(C)C)cc5)c5c6c(Oc7ccc(C(C)(C)C)cc7)cc7c8c(cc(Oc9ccc(C(C)(C)C)cc9)c(c2c45)c86)C(=O)N(c2ccc(N(Cc4ccccn4)Cc4ccccn4)cc2)C7=O)C(=O)N(c2ccc(N(Cc4ccccn4)Cc4ccccn4)cc2)C3=O)cc1. The van der Waals surface area contributed by atoms with Crippen molar-refractivity contribution in [2.45, 2.75) is 131 Å². The van der Waals surface area contributed by atoms with Gasteiger partial charge in [0.2, 0.25) is 0 Å². The summed E-state index contributed by atoms with van der Waals surface area (Å²) in [5, 5.41) is 2.97. The summed E-state index contributed by atoms with van der Waals surface area (Å²) >= 11 is 0. The van der Waals surface area contributed by atoms with Crippen LogP contribution in [0.5, 0.6) is 46.0 Å². The molecule has 16 heteroatoms. The normalized spacial score (nSPS) is 13.2. The van der Waals surface area contributed by atoms with Crippen LogP contribution < -0.4 is 38.5 Å². The molecule has 0 unspecified atom stereocenters. The quantitative estimate of drug-likeness (QED) is 0.0401. The van der Waals surface area contributed by atoms with Crippen molar-refractivity contribution < 1.29 is 38.1 Å². The Labute approximate surface area is 674 Å². The molecule has 11 aromatic carbocycles. The molecule has 4 aromatic heterocycles. The molecular weight excluding hydrogens is 1440 g/mol. The number of hydrogen-bond donors (Lipinski definition) is 0. The lowest BCUT2D eigenvalue weighted by Gasteiger charge is -2.33. The van der Waals surface area contributed by atoms with E-state index in [1.165, 1.54) is 9.80 Å². The summed E-state index contributed by atoms with van der Waals surface area (Å²) < 4.78 is 29.8.